The number of rotatable bonds is 3. The summed E-state index contributed by atoms with van der Waals surface area (Å²) in [6.45, 7) is 3.80. The van der Waals surface area contributed by atoms with E-state index in [1.807, 2.05) is 19.0 Å². The number of carbonyl (C=O) groups is 1. The topological polar surface area (TPSA) is 52.8 Å². The lowest BCUT2D eigenvalue weighted by Gasteiger charge is -2.45. The highest BCUT2D eigenvalue weighted by Crippen LogP contribution is 2.26. The van der Waals surface area contributed by atoms with Gasteiger partial charge in [0.25, 0.3) is 0 Å². The monoisotopic (exact) mass is 282 g/mol. The highest BCUT2D eigenvalue weighted by atomic mass is 16.2. The minimum absolute atomic E-state index is 0.153. The van der Waals surface area contributed by atoms with Crippen molar-refractivity contribution in [1.29, 1.82) is 0 Å². The molecule has 0 aromatic heterocycles. The Kier molecular flexibility index (Phi) is 5.66. The van der Waals surface area contributed by atoms with Crippen molar-refractivity contribution >= 4 is 6.03 Å². The summed E-state index contributed by atoms with van der Waals surface area (Å²) in [5.74, 6) is 0. The van der Waals surface area contributed by atoms with Crippen molar-refractivity contribution in [2.45, 2.75) is 50.6 Å². The van der Waals surface area contributed by atoms with Crippen LogP contribution in [0.25, 0.3) is 0 Å². The van der Waals surface area contributed by atoms with Gasteiger partial charge in [-0.1, -0.05) is 6.42 Å². The Balaban J connectivity index is 1.87. The third-order valence-electron chi connectivity index (χ3n) is 4.76. The Morgan fingerprint density at radius 3 is 2.45 bits per heavy atom. The van der Waals surface area contributed by atoms with Gasteiger partial charge in [-0.05, 0) is 45.2 Å². The number of hydrogen-bond donors (Lipinski definition) is 1. The summed E-state index contributed by atoms with van der Waals surface area (Å²) in [6, 6.07) is 1.48. The van der Waals surface area contributed by atoms with Gasteiger partial charge in [-0.25, -0.2) is 4.79 Å². The first kappa shape index (κ1) is 15.6. The van der Waals surface area contributed by atoms with Crippen LogP contribution in [0.5, 0.6) is 0 Å². The summed E-state index contributed by atoms with van der Waals surface area (Å²) in [5, 5.41) is 0. The molecule has 1 unspecified atom stereocenters. The predicted octanol–water partition coefficient (Wildman–Crippen LogP) is 1.34. The number of piperidine rings is 2. The van der Waals surface area contributed by atoms with Gasteiger partial charge in [0, 0.05) is 39.3 Å². The Bertz CT molecular complexity index is 311. The molecule has 2 rings (SSSR count). The van der Waals surface area contributed by atoms with E-state index in [9.17, 15) is 4.79 Å². The predicted molar refractivity (Wildman–Crippen MR) is 81.7 cm³/mol. The second-order valence-electron chi connectivity index (χ2n) is 6.36. The van der Waals surface area contributed by atoms with Crippen molar-refractivity contribution in [2.75, 3.05) is 40.3 Å². The molecule has 0 aromatic carbocycles. The van der Waals surface area contributed by atoms with E-state index in [0.717, 1.165) is 38.9 Å². The van der Waals surface area contributed by atoms with E-state index in [-0.39, 0.29) is 6.03 Å². The van der Waals surface area contributed by atoms with Crippen LogP contribution < -0.4 is 5.73 Å². The first-order chi connectivity index (χ1) is 9.63. The first-order valence-electron chi connectivity index (χ1n) is 8.05. The standard InChI is InChI=1S/C15H30N4O/c1-17(2)15(20)18-11-7-14(8-12-18)19-10-4-3-5-13(19)6-9-16/h13-14H,3-12,16H2,1-2H3. The Labute approximate surface area is 123 Å². The molecule has 116 valence electrons. The summed E-state index contributed by atoms with van der Waals surface area (Å²) < 4.78 is 0. The van der Waals surface area contributed by atoms with Crippen molar-refractivity contribution in [3.05, 3.63) is 0 Å². The van der Waals surface area contributed by atoms with Crippen molar-refractivity contribution in [1.82, 2.24) is 14.7 Å². The molecule has 5 heteroatoms. The van der Waals surface area contributed by atoms with Crippen LogP contribution in [-0.4, -0.2) is 73.1 Å². The van der Waals surface area contributed by atoms with Crippen LogP contribution >= 0.6 is 0 Å². The lowest BCUT2D eigenvalue weighted by atomic mass is 9.93. The lowest BCUT2D eigenvalue weighted by molar-refractivity contribution is 0.0518. The fourth-order valence-corrected chi connectivity index (χ4v) is 3.68. The van der Waals surface area contributed by atoms with E-state index in [1.165, 1.54) is 25.8 Å². The molecule has 0 bridgehead atoms. The second-order valence-corrected chi connectivity index (χ2v) is 6.36. The minimum Gasteiger partial charge on any atom is -0.331 e. The van der Waals surface area contributed by atoms with Gasteiger partial charge in [0.2, 0.25) is 0 Å². The van der Waals surface area contributed by atoms with Gasteiger partial charge in [-0.3, -0.25) is 4.90 Å². The molecule has 5 nitrogen and oxygen atoms in total. The summed E-state index contributed by atoms with van der Waals surface area (Å²) in [6.07, 6.45) is 7.31. The first-order valence-corrected chi connectivity index (χ1v) is 8.05. The summed E-state index contributed by atoms with van der Waals surface area (Å²) in [4.78, 5) is 18.3. The van der Waals surface area contributed by atoms with E-state index < -0.39 is 0 Å². The fourth-order valence-electron chi connectivity index (χ4n) is 3.68. The molecule has 2 aliphatic heterocycles. The van der Waals surface area contributed by atoms with Gasteiger partial charge >= 0.3 is 6.03 Å². The van der Waals surface area contributed by atoms with E-state index in [2.05, 4.69) is 4.90 Å². The summed E-state index contributed by atoms with van der Waals surface area (Å²) in [5.41, 5.74) is 5.76. The van der Waals surface area contributed by atoms with Gasteiger partial charge in [0.1, 0.15) is 0 Å². The van der Waals surface area contributed by atoms with Gasteiger partial charge < -0.3 is 15.5 Å². The Morgan fingerprint density at radius 2 is 1.85 bits per heavy atom. The summed E-state index contributed by atoms with van der Waals surface area (Å²) in [7, 11) is 3.66. The van der Waals surface area contributed by atoms with Crippen LogP contribution in [-0.2, 0) is 0 Å². The van der Waals surface area contributed by atoms with Crippen LogP contribution in [0.4, 0.5) is 4.79 Å². The van der Waals surface area contributed by atoms with E-state index in [4.69, 9.17) is 5.73 Å². The normalized spacial score (nSPS) is 25.8. The minimum atomic E-state index is 0.153. The van der Waals surface area contributed by atoms with Gasteiger partial charge in [0.05, 0.1) is 0 Å². The van der Waals surface area contributed by atoms with Crippen LogP contribution in [0.3, 0.4) is 0 Å². The van der Waals surface area contributed by atoms with Gasteiger partial charge in [0.15, 0.2) is 0 Å². The molecule has 0 aliphatic carbocycles. The molecule has 0 spiro atoms. The highest BCUT2D eigenvalue weighted by molar-refractivity contribution is 5.73. The lowest BCUT2D eigenvalue weighted by Crippen LogP contribution is -2.53. The number of urea groups is 1. The zero-order valence-corrected chi connectivity index (χ0v) is 13.1. The van der Waals surface area contributed by atoms with Gasteiger partial charge in [-0.15, -0.1) is 0 Å². The molecule has 1 atom stereocenters. The highest BCUT2D eigenvalue weighted by Gasteiger charge is 2.32. The third kappa shape index (κ3) is 3.64. The average Bonchev–Trinajstić information content (AvgIpc) is 2.47. The summed E-state index contributed by atoms with van der Waals surface area (Å²) >= 11 is 0. The molecule has 2 aliphatic rings. The molecular weight excluding hydrogens is 252 g/mol. The van der Waals surface area contributed by atoms with Crippen LogP contribution in [0.15, 0.2) is 0 Å². The maximum Gasteiger partial charge on any atom is 0.319 e. The fraction of sp³-hybridized carbons (Fsp3) is 0.933. The molecule has 0 radical (unpaired) electrons. The Hall–Kier alpha value is -0.810. The zero-order chi connectivity index (χ0) is 14.5. The SMILES string of the molecule is CN(C)C(=O)N1CCC(N2CCCCC2CCN)CC1. The molecule has 20 heavy (non-hydrogen) atoms. The average molecular weight is 282 g/mol. The molecule has 0 saturated carbocycles. The van der Waals surface area contributed by atoms with Crippen molar-refractivity contribution in [3.8, 4) is 0 Å². The number of nitrogens with zero attached hydrogens (tertiary/aromatic N) is 3. The molecule has 2 fully saturated rings. The van der Waals surface area contributed by atoms with E-state index >= 15 is 0 Å². The molecule has 2 N–H and O–H groups in total. The van der Waals surface area contributed by atoms with Gasteiger partial charge in [-0.2, -0.15) is 0 Å². The number of nitrogens with two attached hydrogens (primary N) is 1. The molecule has 0 aromatic rings. The smallest absolute Gasteiger partial charge is 0.319 e. The van der Waals surface area contributed by atoms with Crippen molar-refractivity contribution < 1.29 is 4.79 Å². The maximum atomic E-state index is 12.0. The molecule has 2 heterocycles. The largest absolute Gasteiger partial charge is 0.331 e. The second kappa shape index (κ2) is 7.27. The van der Waals surface area contributed by atoms with Crippen molar-refractivity contribution in [2.24, 2.45) is 5.73 Å². The number of hydrogen-bond acceptors (Lipinski definition) is 3. The quantitative estimate of drug-likeness (QED) is 0.850. The van der Waals surface area contributed by atoms with Crippen LogP contribution in [0, 0.1) is 0 Å². The third-order valence-corrected chi connectivity index (χ3v) is 4.76. The molecular formula is C15H30N4O. The van der Waals surface area contributed by atoms with Crippen LogP contribution in [0.2, 0.25) is 0 Å². The van der Waals surface area contributed by atoms with Crippen LogP contribution in [0.1, 0.15) is 38.5 Å². The molecule has 2 amide bonds. The maximum absolute atomic E-state index is 12.0. The number of amides is 2. The zero-order valence-electron chi connectivity index (χ0n) is 13.1. The molecule has 2 saturated heterocycles. The number of carbonyl (C=O) groups excluding carboxylic acids is 1. The van der Waals surface area contributed by atoms with E-state index in [1.54, 1.807) is 4.90 Å². The van der Waals surface area contributed by atoms with E-state index in [0.29, 0.717) is 12.1 Å². The van der Waals surface area contributed by atoms with Crippen molar-refractivity contribution in [3.63, 3.8) is 0 Å². The Morgan fingerprint density at radius 1 is 1.15 bits per heavy atom. The number of likely N-dealkylation sites (tertiary alicyclic amines) is 2.